The summed E-state index contributed by atoms with van der Waals surface area (Å²) < 4.78 is 0. The van der Waals surface area contributed by atoms with Crippen molar-refractivity contribution in [1.82, 2.24) is 0 Å². The summed E-state index contributed by atoms with van der Waals surface area (Å²) >= 11 is 4.55. The SMILES string of the molecule is CCCCCCCCCCCCCCCCCCCC(=O)[S]. The van der Waals surface area contributed by atoms with Crippen molar-refractivity contribution < 1.29 is 4.79 Å². The molecule has 0 aliphatic rings. The lowest BCUT2D eigenvalue weighted by atomic mass is 10.0. The number of hydrogen-bond donors (Lipinski definition) is 0. The quantitative estimate of drug-likeness (QED) is 0.235. The Kier molecular flexibility index (Phi) is 18.8. The normalized spacial score (nSPS) is 11.0. The molecule has 131 valence electrons. The van der Waals surface area contributed by atoms with Crippen molar-refractivity contribution in [3.63, 3.8) is 0 Å². The van der Waals surface area contributed by atoms with Crippen LogP contribution in [-0.4, -0.2) is 5.12 Å². The van der Waals surface area contributed by atoms with Gasteiger partial charge >= 0.3 is 0 Å². The Morgan fingerprint density at radius 3 is 1.09 bits per heavy atom. The van der Waals surface area contributed by atoms with E-state index in [0.717, 1.165) is 6.42 Å². The van der Waals surface area contributed by atoms with Gasteiger partial charge < -0.3 is 0 Å². The summed E-state index contributed by atoms with van der Waals surface area (Å²) in [4.78, 5) is 10.6. The summed E-state index contributed by atoms with van der Waals surface area (Å²) in [5, 5.41) is -0.0686. The molecule has 0 unspecified atom stereocenters. The van der Waals surface area contributed by atoms with Crippen molar-refractivity contribution >= 4 is 17.7 Å². The Morgan fingerprint density at radius 2 is 0.818 bits per heavy atom. The second-order valence-electron chi connectivity index (χ2n) is 6.78. The molecule has 0 aromatic carbocycles. The highest BCUT2D eigenvalue weighted by molar-refractivity contribution is 7.96. The van der Waals surface area contributed by atoms with E-state index in [1.165, 1.54) is 103 Å². The first-order valence-electron chi connectivity index (χ1n) is 9.97. The van der Waals surface area contributed by atoms with Gasteiger partial charge in [0.15, 0.2) is 0 Å². The summed E-state index contributed by atoms with van der Waals surface area (Å²) in [6, 6.07) is 0. The molecule has 22 heavy (non-hydrogen) atoms. The highest BCUT2D eigenvalue weighted by Gasteiger charge is 1.96. The van der Waals surface area contributed by atoms with E-state index in [0.29, 0.717) is 6.42 Å². The van der Waals surface area contributed by atoms with Gasteiger partial charge in [0.1, 0.15) is 0 Å². The van der Waals surface area contributed by atoms with Gasteiger partial charge in [0.2, 0.25) is 5.12 Å². The van der Waals surface area contributed by atoms with Gasteiger partial charge in [-0.2, -0.15) is 0 Å². The Labute approximate surface area is 145 Å². The van der Waals surface area contributed by atoms with E-state index < -0.39 is 0 Å². The van der Waals surface area contributed by atoms with E-state index in [-0.39, 0.29) is 5.12 Å². The van der Waals surface area contributed by atoms with Crippen LogP contribution < -0.4 is 0 Å². The predicted octanol–water partition coefficient (Wildman–Crippen LogP) is 7.75. The van der Waals surface area contributed by atoms with Crippen LogP contribution >= 0.6 is 12.6 Å². The van der Waals surface area contributed by atoms with Crippen molar-refractivity contribution in [1.29, 1.82) is 0 Å². The van der Waals surface area contributed by atoms with Gasteiger partial charge in [-0.1, -0.05) is 110 Å². The fourth-order valence-corrected chi connectivity index (χ4v) is 3.14. The molecule has 0 aromatic rings. The molecule has 1 radical (unpaired) electrons. The van der Waals surface area contributed by atoms with E-state index in [1.807, 2.05) is 0 Å². The average Bonchev–Trinajstić information content (AvgIpc) is 2.50. The minimum absolute atomic E-state index is 0.0686. The van der Waals surface area contributed by atoms with Crippen LogP contribution in [0.5, 0.6) is 0 Å². The van der Waals surface area contributed by atoms with Gasteiger partial charge in [0.25, 0.3) is 0 Å². The van der Waals surface area contributed by atoms with E-state index in [2.05, 4.69) is 19.6 Å². The zero-order valence-corrected chi connectivity index (χ0v) is 15.9. The summed E-state index contributed by atoms with van der Waals surface area (Å²) in [6.07, 6.45) is 24.0. The number of carbonyl (C=O) groups excluding carboxylic acids is 1. The summed E-state index contributed by atoms with van der Waals surface area (Å²) in [6.45, 7) is 2.28. The lowest BCUT2D eigenvalue weighted by Gasteiger charge is -2.03. The fourth-order valence-electron chi connectivity index (χ4n) is 2.99. The number of unbranched alkanes of at least 4 members (excludes halogenated alkanes) is 16. The Bertz CT molecular complexity index is 228. The van der Waals surface area contributed by atoms with Crippen molar-refractivity contribution in [3.05, 3.63) is 0 Å². The molecule has 0 bridgehead atoms. The zero-order chi connectivity index (χ0) is 16.3. The van der Waals surface area contributed by atoms with Crippen molar-refractivity contribution in [3.8, 4) is 0 Å². The van der Waals surface area contributed by atoms with Gasteiger partial charge in [0.05, 0.1) is 0 Å². The Morgan fingerprint density at radius 1 is 0.545 bits per heavy atom. The molecule has 0 amide bonds. The summed E-state index contributed by atoms with van der Waals surface area (Å²) in [5.74, 6) is 0. The molecule has 0 N–H and O–H groups in total. The van der Waals surface area contributed by atoms with Crippen molar-refractivity contribution in [2.45, 2.75) is 122 Å². The van der Waals surface area contributed by atoms with E-state index in [1.54, 1.807) is 0 Å². The maximum atomic E-state index is 10.6. The van der Waals surface area contributed by atoms with Crippen LogP contribution in [0.25, 0.3) is 0 Å². The minimum Gasteiger partial charge on any atom is -0.282 e. The third kappa shape index (κ3) is 19.9. The number of rotatable bonds is 18. The summed E-state index contributed by atoms with van der Waals surface area (Å²) in [5.41, 5.74) is 0. The lowest BCUT2D eigenvalue weighted by Crippen LogP contribution is -1.87. The highest BCUT2D eigenvalue weighted by atomic mass is 32.1. The van der Waals surface area contributed by atoms with Crippen LogP contribution in [0.1, 0.15) is 122 Å². The number of carbonyl (C=O) groups is 1. The predicted molar refractivity (Wildman–Crippen MR) is 101 cm³/mol. The standard InChI is InChI=1S/C20H39OS/c1-2-3-4-5-6-7-8-9-10-11-12-13-14-15-16-17-18-19-20(21)22/h2-19H2,1H3. The van der Waals surface area contributed by atoms with Gasteiger partial charge in [-0.3, -0.25) is 4.79 Å². The number of hydrogen-bond acceptors (Lipinski definition) is 1. The van der Waals surface area contributed by atoms with Gasteiger partial charge in [-0.05, 0) is 19.0 Å². The zero-order valence-electron chi connectivity index (χ0n) is 15.0. The average molecular weight is 328 g/mol. The molecule has 0 aliphatic heterocycles. The van der Waals surface area contributed by atoms with Gasteiger partial charge in [-0.15, -0.1) is 0 Å². The van der Waals surface area contributed by atoms with Gasteiger partial charge in [-0.25, -0.2) is 0 Å². The maximum Gasteiger partial charge on any atom is 0.218 e. The Hall–Kier alpha value is -0.110. The summed E-state index contributed by atoms with van der Waals surface area (Å²) in [7, 11) is 0. The smallest absolute Gasteiger partial charge is 0.218 e. The Balaban J connectivity index is 2.95. The third-order valence-electron chi connectivity index (χ3n) is 4.48. The topological polar surface area (TPSA) is 17.1 Å². The molecule has 0 atom stereocenters. The molecule has 0 saturated heterocycles. The highest BCUT2D eigenvalue weighted by Crippen LogP contribution is 2.14. The first-order valence-corrected chi connectivity index (χ1v) is 10.4. The third-order valence-corrected chi connectivity index (χ3v) is 4.69. The molecule has 0 heterocycles. The monoisotopic (exact) mass is 327 g/mol. The molecule has 0 aromatic heterocycles. The van der Waals surface area contributed by atoms with E-state index in [9.17, 15) is 4.79 Å². The lowest BCUT2D eigenvalue weighted by molar-refractivity contribution is -0.110. The van der Waals surface area contributed by atoms with Crippen LogP contribution in [0.2, 0.25) is 0 Å². The molecule has 0 rings (SSSR count). The maximum absolute atomic E-state index is 10.6. The van der Waals surface area contributed by atoms with Gasteiger partial charge in [0, 0.05) is 6.42 Å². The molecule has 0 fully saturated rings. The molecule has 1 nitrogen and oxygen atoms in total. The minimum atomic E-state index is -0.0686. The van der Waals surface area contributed by atoms with Crippen molar-refractivity contribution in [2.75, 3.05) is 0 Å². The van der Waals surface area contributed by atoms with Crippen LogP contribution in [-0.2, 0) is 4.79 Å². The first-order chi connectivity index (χ1) is 10.8. The van der Waals surface area contributed by atoms with Crippen LogP contribution in [0.15, 0.2) is 0 Å². The first kappa shape index (κ1) is 21.9. The molecule has 0 spiro atoms. The van der Waals surface area contributed by atoms with E-state index in [4.69, 9.17) is 0 Å². The largest absolute Gasteiger partial charge is 0.282 e. The molecule has 0 saturated carbocycles. The van der Waals surface area contributed by atoms with Crippen LogP contribution in [0, 0.1) is 0 Å². The molecule has 0 aliphatic carbocycles. The second kappa shape index (κ2) is 18.9. The molecular formula is C20H39OS. The van der Waals surface area contributed by atoms with Crippen molar-refractivity contribution in [2.24, 2.45) is 0 Å². The van der Waals surface area contributed by atoms with E-state index >= 15 is 0 Å². The van der Waals surface area contributed by atoms with Crippen LogP contribution in [0.3, 0.4) is 0 Å². The second-order valence-corrected chi connectivity index (χ2v) is 7.23. The molecular weight excluding hydrogens is 288 g/mol. The molecule has 2 heteroatoms. The van der Waals surface area contributed by atoms with Crippen LogP contribution in [0.4, 0.5) is 0 Å². The fraction of sp³-hybridized carbons (Fsp3) is 0.950.